The van der Waals surface area contributed by atoms with Gasteiger partial charge in [-0.2, -0.15) is 4.68 Å². The van der Waals surface area contributed by atoms with Gasteiger partial charge in [0.05, 0.1) is 25.3 Å². The number of aromatic nitrogens is 4. The summed E-state index contributed by atoms with van der Waals surface area (Å²) < 4.78 is 19.9. The summed E-state index contributed by atoms with van der Waals surface area (Å²) in [6.07, 6.45) is 0.241. The van der Waals surface area contributed by atoms with Crippen LogP contribution in [0.25, 0.3) is 5.69 Å². The summed E-state index contributed by atoms with van der Waals surface area (Å²) in [4.78, 5) is 12.1. The summed E-state index contributed by atoms with van der Waals surface area (Å²) in [6.45, 7) is 2.68. The Morgan fingerprint density at radius 3 is 2.58 bits per heavy atom. The number of nitrogens with one attached hydrogen (secondary N) is 1. The lowest BCUT2D eigenvalue weighted by Gasteiger charge is -2.07. The standard InChI is InChI=1S/C18H18FN5O2/c1-2-26-16-9-3-13(4-10-16)11-18(25)20-12-17-21-22-23-24(17)15-7-5-14(19)6-8-15/h3-10H,2,11-12H2,1H3,(H,20,25). The second-order valence-electron chi connectivity index (χ2n) is 5.51. The summed E-state index contributed by atoms with van der Waals surface area (Å²) in [5.74, 6) is 0.738. The molecule has 26 heavy (non-hydrogen) atoms. The van der Waals surface area contributed by atoms with Gasteiger partial charge in [-0.15, -0.1) is 5.10 Å². The van der Waals surface area contributed by atoms with E-state index in [2.05, 4.69) is 20.8 Å². The SMILES string of the molecule is CCOc1ccc(CC(=O)NCc2nnnn2-c2ccc(F)cc2)cc1. The van der Waals surface area contributed by atoms with E-state index in [1.807, 2.05) is 31.2 Å². The number of halogens is 1. The van der Waals surface area contributed by atoms with Crippen molar-refractivity contribution in [1.29, 1.82) is 0 Å². The number of carbonyl (C=O) groups is 1. The van der Waals surface area contributed by atoms with E-state index in [4.69, 9.17) is 4.74 Å². The van der Waals surface area contributed by atoms with Crippen molar-refractivity contribution in [3.63, 3.8) is 0 Å². The number of rotatable bonds is 7. The van der Waals surface area contributed by atoms with E-state index in [0.29, 0.717) is 18.1 Å². The molecule has 1 heterocycles. The Bertz CT molecular complexity index is 862. The maximum Gasteiger partial charge on any atom is 0.224 e. The molecule has 8 heteroatoms. The van der Waals surface area contributed by atoms with Crippen molar-refractivity contribution in [3.8, 4) is 11.4 Å². The van der Waals surface area contributed by atoms with Crippen molar-refractivity contribution in [2.75, 3.05) is 6.61 Å². The summed E-state index contributed by atoms with van der Waals surface area (Å²) in [5.41, 5.74) is 1.50. The van der Waals surface area contributed by atoms with Crippen LogP contribution in [0.15, 0.2) is 48.5 Å². The highest BCUT2D eigenvalue weighted by atomic mass is 19.1. The second kappa shape index (κ2) is 8.19. The summed E-state index contributed by atoms with van der Waals surface area (Å²) >= 11 is 0. The number of benzene rings is 2. The fourth-order valence-corrected chi connectivity index (χ4v) is 2.39. The van der Waals surface area contributed by atoms with E-state index in [0.717, 1.165) is 11.3 Å². The highest BCUT2D eigenvalue weighted by Gasteiger charge is 2.10. The van der Waals surface area contributed by atoms with Crippen molar-refractivity contribution in [2.24, 2.45) is 0 Å². The molecule has 0 spiro atoms. The first-order valence-electron chi connectivity index (χ1n) is 8.17. The monoisotopic (exact) mass is 355 g/mol. The first kappa shape index (κ1) is 17.5. The molecule has 1 aromatic heterocycles. The molecule has 134 valence electrons. The zero-order chi connectivity index (χ0) is 18.4. The van der Waals surface area contributed by atoms with Crippen LogP contribution in [0.4, 0.5) is 4.39 Å². The zero-order valence-electron chi connectivity index (χ0n) is 14.2. The molecule has 7 nitrogen and oxygen atoms in total. The molecule has 0 bridgehead atoms. The highest BCUT2D eigenvalue weighted by molar-refractivity contribution is 5.78. The Labute approximate surface area is 149 Å². The number of ether oxygens (including phenoxy) is 1. The minimum absolute atomic E-state index is 0.150. The van der Waals surface area contributed by atoms with Crippen LogP contribution in [-0.2, 0) is 17.8 Å². The average Bonchev–Trinajstić information content (AvgIpc) is 3.11. The fourth-order valence-electron chi connectivity index (χ4n) is 2.39. The molecule has 0 aliphatic rings. The predicted molar refractivity (Wildman–Crippen MR) is 92.3 cm³/mol. The zero-order valence-corrected chi connectivity index (χ0v) is 14.2. The van der Waals surface area contributed by atoms with E-state index < -0.39 is 0 Å². The molecule has 0 saturated heterocycles. The van der Waals surface area contributed by atoms with Crippen LogP contribution >= 0.6 is 0 Å². The van der Waals surface area contributed by atoms with Gasteiger partial charge < -0.3 is 10.1 Å². The number of tetrazole rings is 1. The van der Waals surface area contributed by atoms with Crippen molar-refractivity contribution in [2.45, 2.75) is 19.9 Å². The third-order valence-electron chi connectivity index (χ3n) is 3.65. The van der Waals surface area contributed by atoms with E-state index in [1.165, 1.54) is 16.8 Å². The summed E-state index contributed by atoms with van der Waals surface area (Å²) in [6, 6.07) is 13.2. The Morgan fingerprint density at radius 1 is 1.15 bits per heavy atom. The van der Waals surface area contributed by atoms with Gasteiger partial charge in [-0.05, 0) is 59.3 Å². The van der Waals surface area contributed by atoms with Gasteiger partial charge in [-0.3, -0.25) is 4.79 Å². The summed E-state index contributed by atoms with van der Waals surface area (Å²) in [5, 5.41) is 14.2. The maximum absolute atomic E-state index is 13.0. The smallest absolute Gasteiger partial charge is 0.224 e. The lowest BCUT2D eigenvalue weighted by Crippen LogP contribution is -2.26. The molecule has 0 unspecified atom stereocenters. The molecule has 1 N–H and O–H groups in total. The third-order valence-corrected chi connectivity index (χ3v) is 3.65. The highest BCUT2D eigenvalue weighted by Crippen LogP contribution is 2.13. The Kier molecular flexibility index (Phi) is 5.52. The predicted octanol–water partition coefficient (Wildman–Crippen LogP) is 2.06. The number of amides is 1. The van der Waals surface area contributed by atoms with Crippen molar-refractivity contribution in [3.05, 3.63) is 65.7 Å². The van der Waals surface area contributed by atoms with Gasteiger partial charge in [-0.1, -0.05) is 12.1 Å². The lowest BCUT2D eigenvalue weighted by atomic mass is 10.1. The molecule has 2 aromatic carbocycles. The average molecular weight is 355 g/mol. The van der Waals surface area contributed by atoms with Crippen LogP contribution in [-0.4, -0.2) is 32.7 Å². The number of hydrogen-bond acceptors (Lipinski definition) is 5. The van der Waals surface area contributed by atoms with Crippen LogP contribution in [0.1, 0.15) is 18.3 Å². The van der Waals surface area contributed by atoms with Crippen LogP contribution < -0.4 is 10.1 Å². The number of nitrogens with zero attached hydrogens (tertiary/aromatic N) is 4. The third kappa shape index (κ3) is 4.41. The largest absolute Gasteiger partial charge is 0.494 e. The molecule has 0 aliphatic heterocycles. The van der Waals surface area contributed by atoms with Gasteiger partial charge in [0.2, 0.25) is 5.91 Å². The summed E-state index contributed by atoms with van der Waals surface area (Å²) in [7, 11) is 0. The number of carbonyl (C=O) groups excluding carboxylic acids is 1. The molecule has 3 rings (SSSR count). The minimum atomic E-state index is -0.341. The van der Waals surface area contributed by atoms with E-state index in [9.17, 15) is 9.18 Å². The number of hydrogen-bond donors (Lipinski definition) is 1. The van der Waals surface area contributed by atoms with Crippen LogP contribution in [0.3, 0.4) is 0 Å². The topological polar surface area (TPSA) is 81.9 Å². The van der Waals surface area contributed by atoms with Gasteiger partial charge in [0.1, 0.15) is 11.6 Å². The molecule has 1 amide bonds. The molecule has 0 aliphatic carbocycles. The van der Waals surface area contributed by atoms with Crippen molar-refractivity contribution < 1.29 is 13.9 Å². The second-order valence-corrected chi connectivity index (χ2v) is 5.51. The first-order valence-corrected chi connectivity index (χ1v) is 8.17. The van der Waals surface area contributed by atoms with E-state index in [1.54, 1.807) is 12.1 Å². The van der Waals surface area contributed by atoms with Gasteiger partial charge in [0.25, 0.3) is 0 Å². The van der Waals surface area contributed by atoms with Gasteiger partial charge in [0, 0.05) is 0 Å². The molecular weight excluding hydrogens is 337 g/mol. The lowest BCUT2D eigenvalue weighted by molar-refractivity contribution is -0.120. The molecule has 0 radical (unpaired) electrons. The van der Waals surface area contributed by atoms with Crippen molar-refractivity contribution >= 4 is 5.91 Å². The Balaban J connectivity index is 1.58. The fraction of sp³-hybridized carbons (Fsp3) is 0.222. The van der Waals surface area contributed by atoms with E-state index in [-0.39, 0.29) is 24.7 Å². The first-order chi connectivity index (χ1) is 12.7. The van der Waals surface area contributed by atoms with Crippen LogP contribution in [0, 0.1) is 5.82 Å². The van der Waals surface area contributed by atoms with Gasteiger partial charge in [-0.25, -0.2) is 4.39 Å². The quantitative estimate of drug-likeness (QED) is 0.701. The Morgan fingerprint density at radius 2 is 1.88 bits per heavy atom. The van der Waals surface area contributed by atoms with Gasteiger partial charge in [0.15, 0.2) is 5.82 Å². The minimum Gasteiger partial charge on any atom is -0.494 e. The molecule has 0 saturated carbocycles. The molecule has 3 aromatic rings. The maximum atomic E-state index is 13.0. The molecule has 0 atom stereocenters. The van der Waals surface area contributed by atoms with Crippen LogP contribution in [0.5, 0.6) is 5.75 Å². The molecular formula is C18H18FN5O2. The normalized spacial score (nSPS) is 10.5. The van der Waals surface area contributed by atoms with Crippen molar-refractivity contribution in [1.82, 2.24) is 25.5 Å². The Hall–Kier alpha value is -3.29. The van der Waals surface area contributed by atoms with Gasteiger partial charge >= 0.3 is 0 Å². The van der Waals surface area contributed by atoms with E-state index >= 15 is 0 Å². The molecule has 0 fully saturated rings. The van der Waals surface area contributed by atoms with Crippen LogP contribution in [0.2, 0.25) is 0 Å².